The van der Waals surface area contributed by atoms with Crippen molar-refractivity contribution in [2.45, 2.75) is 81.5 Å². The quantitative estimate of drug-likeness (QED) is 0.592. The number of nitrogens with zero attached hydrogens (tertiary/aromatic N) is 4. The highest BCUT2D eigenvalue weighted by molar-refractivity contribution is 8.01. The van der Waals surface area contributed by atoms with Crippen LogP contribution in [0.1, 0.15) is 65.2 Å². The van der Waals surface area contributed by atoms with Crippen molar-refractivity contribution >= 4 is 45.9 Å². The van der Waals surface area contributed by atoms with Gasteiger partial charge >= 0.3 is 6.03 Å². The second kappa shape index (κ2) is 11.0. The number of piperidine rings is 1. The predicted molar refractivity (Wildman–Crippen MR) is 132 cm³/mol. The van der Waals surface area contributed by atoms with Gasteiger partial charge in [-0.2, -0.15) is 0 Å². The molecule has 0 aromatic carbocycles. The number of carbonyl (C=O) groups is 2. The summed E-state index contributed by atoms with van der Waals surface area (Å²) in [6.45, 7) is 6.35. The maximum Gasteiger partial charge on any atom is 0.324 e. The summed E-state index contributed by atoms with van der Waals surface area (Å²) in [5, 5.41) is 3.77. The van der Waals surface area contributed by atoms with Crippen LogP contribution in [-0.4, -0.2) is 69.9 Å². The summed E-state index contributed by atoms with van der Waals surface area (Å²) < 4.78 is 1.11. The van der Waals surface area contributed by atoms with Crippen LogP contribution in [0.4, 0.5) is 9.93 Å². The van der Waals surface area contributed by atoms with E-state index in [4.69, 9.17) is 0 Å². The molecule has 9 heteroatoms. The molecule has 176 valence electrons. The van der Waals surface area contributed by atoms with Gasteiger partial charge in [0.05, 0.1) is 10.4 Å². The Bertz CT molecular complexity index is 826. The van der Waals surface area contributed by atoms with Crippen molar-refractivity contribution in [3.05, 3.63) is 6.20 Å². The molecular weight excluding hydrogens is 442 g/mol. The Morgan fingerprint density at radius 1 is 1.19 bits per heavy atom. The fourth-order valence-electron chi connectivity index (χ4n) is 5.02. The van der Waals surface area contributed by atoms with E-state index in [2.05, 4.69) is 27.1 Å². The number of likely N-dealkylation sites (tertiary alicyclic amines) is 1. The molecule has 3 heterocycles. The third-order valence-electron chi connectivity index (χ3n) is 6.95. The Labute approximate surface area is 199 Å². The van der Waals surface area contributed by atoms with Crippen molar-refractivity contribution in [2.75, 3.05) is 30.7 Å². The fourth-order valence-corrected chi connectivity index (χ4v) is 6.88. The number of anilines is 1. The number of hydrogen-bond donors (Lipinski definition) is 1. The second-order valence-electron chi connectivity index (χ2n) is 9.31. The molecule has 32 heavy (non-hydrogen) atoms. The second-order valence-corrected chi connectivity index (χ2v) is 11.6. The number of amides is 3. The molecule has 7 nitrogen and oxygen atoms in total. The van der Waals surface area contributed by atoms with Gasteiger partial charge in [0.2, 0.25) is 5.91 Å². The van der Waals surface area contributed by atoms with Crippen LogP contribution in [0.15, 0.2) is 15.4 Å². The van der Waals surface area contributed by atoms with E-state index in [0.717, 1.165) is 67.6 Å². The van der Waals surface area contributed by atoms with Gasteiger partial charge in [0.15, 0.2) is 5.13 Å². The number of thiazole rings is 1. The summed E-state index contributed by atoms with van der Waals surface area (Å²) in [6, 6.07) is 0.421. The third kappa shape index (κ3) is 6.04. The average molecular weight is 478 g/mol. The number of hydrogen-bond acceptors (Lipinski definition) is 6. The number of carbonyl (C=O) groups excluding carboxylic acids is 2. The molecule has 0 bridgehead atoms. The summed E-state index contributed by atoms with van der Waals surface area (Å²) in [5.74, 6) is 1.78. The monoisotopic (exact) mass is 477 g/mol. The van der Waals surface area contributed by atoms with Crippen molar-refractivity contribution in [3.63, 3.8) is 0 Å². The summed E-state index contributed by atoms with van der Waals surface area (Å²) in [5.41, 5.74) is 1.28. The molecule has 1 aromatic rings. The molecule has 2 aliphatic heterocycles. The fraction of sp³-hybridized carbons (Fsp3) is 0.739. The van der Waals surface area contributed by atoms with Gasteiger partial charge in [-0.15, -0.1) is 11.8 Å². The number of urea groups is 1. The highest BCUT2D eigenvalue weighted by atomic mass is 32.2. The highest BCUT2D eigenvalue weighted by Crippen LogP contribution is 2.33. The van der Waals surface area contributed by atoms with Gasteiger partial charge in [0, 0.05) is 50.1 Å². The Morgan fingerprint density at radius 3 is 2.56 bits per heavy atom. The standard InChI is InChI=1S/C23H35N5O2S2/c1-16-5-7-19(8-6-16)28(20-9-12-27(13-10-20)17(2)29)23(30)26-22-25-14-21(32-22)31-15-18-4-3-11-24-18/h14,16,19-20H,3-13,15H2,1-2H3,(H,25,26,30). The lowest BCUT2D eigenvalue weighted by Crippen LogP contribution is -2.54. The lowest BCUT2D eigenvalue weighted by Gasteiger charge is -2.44. The summed E-state index contributed by atoms with van der Waals surface area (Å²) in [7, 11) is 0. The average Bonchev–Trinajstić information content (AvgIpc) is 3.46. The SMILES string of the molecule is CC(=O)N1CCC(N(C(=O)Nc2ncc(SCC3=NCCC3)s2)C2CCC(C)CC2)CC1. The van der Waals surface area contributed by atoms with Gasteiger partial charge in [-0.05, 0) is 57.3 Å². The van der Waals surface area contributed by atoms with Crippen molar-refractivity contribution in [1.82, 2.24) is 14.8 Å². The summed E-state index contributed by atoms with van der Waals surface area (Å²) >= 11 is 3.30. The number of nitrogens with one attached hydrogen (secondary N) is 1. The van der Waals surface area contributed by atoms with Crippen molar-refractivity contribution in [3.8, 4) is 0 Å². The zero-order valence-electron chi connectivity index (χ0n) is 19.2. The smallest absolute Gasteiger partial charge is 0.324 e. The number of rotatable bonds is 6. The van der Waals surface area contributed by atoms with Gasteiger partial charge in [-0.1, -0.05) is 18.3 Å². The van der Waals surface area contributed by atoms with Crippen LogP contribution in [-0.2, 0) is 4.79 Å². The molecule has 1 saturated heterocycles. The Hall–Kier alpha value is -1.61. The zero-order chi connectivity index (χ0) is 22.5. The van der Waals surface area contributed by atoms with Gasteiger partial charge < -0.3 is 9.80 Å². The van der Waals surface area contributed by atoms with Gasteiger partial charge in [-0.25, -0.2) is 9.78 Å². The van der Waals surface area contributed by atoms with Gasteiger partial charge in [0.1, 0.15) is 0 Å². The molecule has 1 aliphatic carbocycles. The van der Waals surface area contributed by atoms with E-state index in [9.17, 15) is 9.59 Å². The van der Waals surface area contributed by atoms with Crippen LogP contribution in [0.3, 0.4) is 0 Å². The van der Waals surface area contributed by atoms with Crippen LogP contribution < -0.4 is 5.32 Å². The molecule has 0 radical (unpaired) electrons. The van der Waals surface area contributed by atoms with E-state index in [-0.39, 0.29) is 24.0 Å². The van der Waals surface area contributed by atoms with Gasteiger partial charge in [-0.3, -0.25) is 15.1 Å². The van der Waals surface area contributed by atoms with Crippen molar-refractivity contribution < 1.29 is 9.59 Å². The minimum Gasteiger partial charge on any atom is -0.343 e. The van der Waals surface area contributed by atoms with Gasteiger partial charge in [0.25, 0.3) is 0 Å². The van der Waals surface area contributed by atoms with E-state index in [0.29, 0.717) is 5.13 Å². The minimum absolute atomic E-state index is 0.0307. The third-order valence-corrected chi connectivity index (χ3v) is 9.13. The van der Waals surface area contributed by atoms with E-state index in [1.807, 2.05) is 11.1 Å². The minimum atomic E-state index is -0.0307. The molecular formula is C23H35N5O2S2. The normalized spacial score (nSPS) is 24.3. The number of aliphatic imine (C=N–C) groups is 1. The largest absolute Gasteiger partial charge is 0.343 e. The molecule has 3 aliphatic rings. The molecule has 1 aromatic heterocycles. The van der Waals surface area contributed by atoms with E-state index < -0.39 is 0 Å². The highest BCUT2D eigenvalue weighted by Gasteiger charge is 2.35. The first-order chi connectivity index (χ1) is 15.5. The lowest BCUT2D eigenvalue weighted by atomic mass is 9.85. The molecule has 4 rings (SSSR count). The summed E-state index contributed by atoms with van der Waals surface area (Å²) in [6.07, 6.45) is 10.3. The van der Waals surface area contributed by atoms with E-state index in [1.54, 1.807) is 30.0 Å². The van der Waals surface area contributed by atoms with Crippen LogP contribution in [0.25, 0.3) is 0 Å². The molecule has 1 saturated carbocycles. The first-order valence-electron chi connectivity index (χ1n) is 11.9. The molecule has 0 unspecified atom stereocenters. The number of thioether (sulfide) groups is 1. The predicted octanol–water partition coefficient (Wildman–Crippen LogP) is 4.89. The van der Waals surface area contributed by atoms with Crippen LogP contribution in [0.2, 0.25) is 0 Å². The molecule has 0 atom stereocenters. The number of aromatic nitrogens is 1. The first-order valence-corrected chi connectivity index (χ1v) is 13.8. The molecule has 1 N–H and O–H groups in total. The van der Waals surface area contributed by atoms with Crippen LogP contribution >= 0.6 is 23.1 Å². The van der Waals surface area contributed by atoms with Crippen LogP contribution in [0, 0.1) is 5.92 Å². The Kier molecular flexibility index (Phi) is 8.10. The van der Waals surface area contributed by atoms with E-state index >= 15 is 0 Å². The molecule has 3 amide bonds. The first kappa shape index (κ1) is 23.5. The Morgan fingerprint density at radius 2 is 1.91 bits per heavy atom. The zero-order valence-corrected chi connectivity index (χ0v) is 20.8. The molecule has 0 spiro atoms. The van der Waals surface area contributed by atoms with Crippen molar-refractivity contribution in [1.29, 1.82) is 0 Å². The molecule has 2 fully saturated rings. The lowest BCUT2D eigenvalue weighted by molar-refractivity contribution is -0.130. The topological polar surface area (TPSA) is 77.9 Å². The van der Waals surface area contributed by atoms with Crippen LogP contribution in [0.5, 0.6) is 0 Å². The Balaban J connectivity index is 1.39. The van der Waals surface area contributed by atoms with E-state index in [1.165, 1.54) is 25.0 Å². The van der Waals surface area contributed by atoms with Crippen molar-refractivity contribution in [2.24, 2.45) is 10.9 Å². The maximum absolute atomic E-state index is 13.5. The summed E-state index contributed by atoms with van der Waals surface area (Å²) in [4.78, 5) is 38.2. The maximum atomic E-state index is 13.5.